The van der Waals surface area contributed by atoms with Crippen molar-refractivity contribution in [2.24, 2.45) is 0 Å². The van der Waals surface area contributed by atoms with Gasteiger partial charge in [-0.3, -0.25) is 9.52 Å². The average Bonchev–Trinajstić information content (AvgIpc) is 2.66. The smallest absolute Gasteiger partial charge is 0.338 e. The molecule has 28 heavy (non-hydrogen) atoms. The van der Waals surface area contributed by atoms with Crippen molar-refractivity contribution in [2.75, 3.05) is 11.0 Å². The van der Waals surface area contributed by atoms with Crippen LogP contribution >= 0.6 is 0 Å². The fraction of sp³-hybridized carbons (Fsp3) is 0.333. The molecule has 1 atom stereocenters. The predicted molar refractivity (Wildman–Crippen MR) is 107 cm³/mol. The Hall–Kier alpha value is -2.67. The maximum Gasteiger partial charge on any atom is 0.338 e. The van der Waals surface area contributed by atoms with E-state index in [0.29, 0.717) is 16.8 Å². The summed E-state index contributed by atoms with van der Waals surface area (Å²) in [7, 11) is -3.38. The first-order valence-electron chi connectivity index (χ1n) is 9.18. The molecule has 0 fully saturated rings. The van der Waals surface area contributed by atoms with Crippen LogP contribution in [0.2, 0.25) is 0 Å². The molecule has 6 nitrogen and oxygen atoms in total. The Kier molecular flexibility index (Phi) is 5.84. The topological polar surface area (TPSA) is 89.5 Å². The fourth-order valence-electron chi connectivity index (χ4n) is 3.29. The number of anilines is 1. The van der Waals surface area contributed by atoms with E-state index in [2.05, 4.69) is 4.72 Å². The van der Waals surface area contributed by atoms with Crippen molar-refractivity contribution in [3.63, 3.8) is 0 Å². The number of carbonyl (C=O) groups excluding carboxylic acids is 2. The van der Waals surface area contributed by atoms with Gasteiger partial charge in [-0.2, -0.15) is 0 Å². The summed E-state index contributed by atoms with van der Waals surface area (Å²) >= 11 is 0. The van der Waals surface area contributed by atoms with E-state index >= 15 is 0 Å². The number of sulfonamides is 1. The average molecular weight is 401 g/mol. The highest BCUT2D eigenvalue weighted by Gasteiger charge is 2.21. The zero-order chi connectivity index (χ0) is 20.3. The normalized spacial score (nSPS) is 14.6. The Morgan fingerprint density at radius 1 is 0.964 bits per heavy atom. The molecule has 0 saturated carbocycles. The van der Waals surface area contributed by atoms with Crippen LogP contribution in [0.25, 0.3) is 0 Å². The highest BCUT2D eigenvalue weighted by Crippen LogP contribution is 2.23. The molecule has 0 heterocycles. The molecule has 1 aliphatic carbocycles. The highest BCUT2D eigenvalue weighted by molar-refractivity contribution is 7.92. The summed E-state index contributed by atoms with van der Waals surface area (Å²) in [5, 5.41) is 0. The van der Waals surface area contributed by atoms with Crippen LogP contribution in [0.5, 0.6) is 0 Å². The van der Waals surface area contributed by atoms with Crippen LogP contribution in [-0.4, -0.2) is 32.5 Å². The van der Waals surface area contributed by atoms with E-state index < -0.39 is 22.1 Å². The van der Waals surface area contributed by atoms with E-state index in [4.69, 9.17) is 4.74 Å². The predicted octanol–water partition coefficient (Wildman–Crippen LogP) is 3.37. The maximum atomic E-state index is 12.5. The van der Waals surface area contributed by atoms with Crippen LogP contribution in [0.15, 0.2) is 42.5 Å². The Balaban J connectivity index is 1.66. The molecule has 2 aromatic rings. The molecule has 0 aliphatic heterocycles. The van der Waals surface area contributed by atoms with Crippen molar-refractivity contribution in [2.45, 2.75) is 38.7 Å². The van der Waals surface area contributed by atoms with Gasteiger partial charge in [0.05, 0.1) is 11.8 Å². The number of aryl methyl sites for hydroxylation is 2. The van der Waals surface area contributed by atoms with Crippen LogP contribution < -0.4 is 4.72 Å². The molecule has 1 N–H and O–H groups in total. The number of esters is 1. The number of ketones is 1. The van der Waals surface area contributed by atoms with E-state index in [9.17, 15) is 18.0 Å². The fourth-order valence-corrected chi connectivity index (χ4v) is 3.86. The van der Waals surface area contributed by atoms with Gasteiger partial charge in [0.2, 0.25) is 15.8 Å². The van der Waals surface area contributed by atoms with Crippen molar-refractivity contribution in [1.29, 1.82) is 0 Å². The lowest BCUT2D eigenvalue weighted by atomic mass is 9.90. The Bertz CT molecular complexity index is 996. The van der Waals surface area contributed by atoms with Gasteiger partial charge < -0.3 is 4.74 Å². The summed E-state index contributed by atoms with van der Waals surface area (Å²) in [6.07, 6.45) is 4.37. The van der Waals surface area contributed by atoms with Gasteiger partial charge in [-0.15, -0.1) is 0 Å². The quantitative estimate of drug-likeness (QED) is 0.592. The lowest BCUT2D eigenvalue weighted by Gasteiger charge is -2.17. The van der Waals surface area contributed by atoms with Crippen LogP contribution in [0.3, 0.4) is 0 Å². The minimum Gasteiger partial charge on any atom is -0.451 e. The number of benzene rings is 2. The molecular formula is C21H23NO5S. The second kappa shape index (κ2) is 8.14. The van der Waals surface area contributed by atoms with Gasteiger partial charge in [-0.25, -0.2) is 13.2 Å². The number of rotatable bonds is 6. The van der Waals surface area contributed by atoms with Crippen molar-refractivity contribution in [1.82, 2.24) is 0 Å². The van der Waals surface area contributed by atoms with E-state index in [-0.39, 0.29) is 5.78 Å². The molecule has 7 heteroatoms. The number of ether oxygens (including phenoxy) is 1. The lowest BCUT2D eigenvalue weighted by Crippen LogP contribution is -2.24. The third-order valence-corrected chi connectivity index (χ3v) is 5.32. The van der Waals surface area contributed by atoms with E-state index in [0.717, 1.165) is 25.5 Å². The summed E-state index contributed by atoms with van der Waals surface area (Å²) < 4.78 is 30.2. The molecule has 1 aliphatic rings. The van der Waals surface area contributed by atoms with E-state index in [1.54, 1.807) is 6.07 Å². The van der Waals surface area contributed by atoms with Gasteiger partial charge in [0.15, 0.2) is 6.10 Å². The second-order valence-electron chi connectivity index (χ2n) is 7.05. The summed E-state index contributed by atoms with van der Waals surface area (Å²) in [6.45, 7) is 1.53. The third kappa shape index (κ3) is 4.98. The van der Waals surface area contributed by atoms with Gasteiger partial charge in [-0.1, -0.05) is 6.07 Å². The van der Waals surface area contributed by atoms with Crippen molar-refractivity contribution >= 4 is 27.5 Å². The van der Waals surface area contributed by atoms with E-state index in [1.165, 1.54) is 48.7 Å². The number of nitrogens with one attached hydrogen (secondary N) is 1. The molecule has 0 spiro atoms. The van der Waals surface area contributed by atoms with Crippen LogP contribution in [0.1, 0.15) is 51.6 Å². The van der Waals surface area contributed by atoms with Crippen molar-refractivity contribution < 1.29 is 22.7 Å². The Morgan fingerprint density at radius 2 is 1.57 bits per heavy atom. The Labute approximate surface area is 165 Å². The number of carbonyl (C=O) groups is 2. The summed E-state index contributed by atoms with van der Waals surface area (Å²) in [6, 6.07) is 11.6. The second-order valence-corrected chi connectivity index (χ2v) is 8.80. The molecule has 2 aromatic carbocycles. The van der Waals surface area contributed by atoms with Crippen LogP contribution in [0, 0.1) is 0 Å². The van der Waals surface area contributed by atoms with Crippen LogP contribution in [-0.2, 0) is 27.6 Å². The molecular weight excluding hydrogens is 378 g/mol. The number of Topliss-reactive ketones (excluding diaryl/α,β-unsaturated/α-hetero) is 1. The molecule has 0 saturated heterocycles. The van der Waals surface area contributed by atoms with E-state index in [1.807, 2.05) is 12.1 Å². The zero-order valence-electron chi connectivity index (χ0n) is 15.9. The first-order chi connectivity index (χ1) is 13.2. The summed E-state index contributed by atoms with van der Waals surface area (Å²) in [4.78, 5) is 25.0. The van der Waals surface area contributed by atoms with Gasteiger partial charge in [-0.05, 0) is 80.1 Å². The van der Waals surface area contributed by atoms with Gasteiger partial charge in [0.25, 0.3) is 0 Å². The molecule has 0 bridgehead atoms. The third-order valence-electron chi connectivity index (χ3n) is 4.71. The largest absolute Gasteiger partial charge is 0.451 e. The van der Waals surface area contributed by atoms with Crippen molar-refractivity contribution in [3.05, 3.63) is 64.7 Å². The highest BCUT2D eigenvalue weighted by atomic mass is 32.2. The molecule has 3 rings (SSSR count). The molecule has 0 aromatic heterocycles. The number of fused-ring (bicyclic) bond motifs is 1. The van der Waals surface area contributed by atoms with Crippen molar-refractivity contribution in [3.8, 4) is 0 Å². The lowest BCUT2D eigenvalue weighted by molar-refractivity contribution is 0.0318. The van der Waals surface area contributed by atoms with Crippen LogP contribution in [0.4, 0.5) is 5.69 Å². The molecule has 148 valence electrons. The first-order valence-corrected chi connectivity index (χ1v) is 11.1. The molecule has 0 amide bonds. The summed E-state index contributed by atoms with van der Waals surface area (Å²) in [5.41, 5.74) is 3.60. The minimum absolute atomic E-state index is 0.338. The van der Waals surface area contributed by atoms with Gasteiger partial charge >= 0.3 is 5.97 Å². The maximum absolute atomic E-state index is 12.5. The number of hydrogen-bond donors (Lipinski definition) is 1. The summed E-state index contributed by atoms with van der Waals surface area (Å²) in [5.74, 6) is -0.873. The Morgan fingerprint density at radius 3 is 2.21 bits per heavy atom. The SMILES string of the molecule is C[C@@H](OC(=O)c1ccc2c(c1)CCCC2)C(=O)c1ccc(NS(C)(=O)=O)cc1. The minimum atomic E-state index is -3.38. The molecule has 0 radical (unpaired) electrons. The standard InChI is InChI=1S/C21H23NO5S/c1-14(20(23)16-9-11-19(12-10-16)22-28(2,25)26)27-21(24)18-8-7-15-5-3-4-6-17(15)13-18/h7-14,22H,3-6H2,1-2H3/t14-/m1/s1. The molecule has 0 unspecified atom stereocenters. The van der Waals surface area contributed by atoms with Gasteiger partial charge in [0, 0.05) is 11.3 Å². The zero-order valence-corrected chi connectivity index (χ0v) is 16.7. The number of hydrogen-bond acceptors (Lipinski definition) is 5. The first kappa shape index (κ1) is 20.1. The van der Waals surface area contributed by atoms with Gasteiger partial charge in [0.1, 0.15) is 0 Å². The monoisotopic (exact) mass is 401 g/mol.